The van der Waals surface area contributed by atoms with Crippen LogP contribution in [0, 0.1) is 11.3 Å². The minimum Gasteiger partial charge on any atom is -0.451 e. The van der Waals surface area contributed by atoms with Gasteiger partial charge >= 0.3 is 5.97 Å². The molecule has 0 aromatic carbocycles. The van der Waals surface area contributed by atoms with Crippen molar-refractivity contribution in [2.75, 3.05) is 6.61 Å². The van der Waals surface area contributed by atoms with Crippen LogP contribution in [0.15, 0.2) is 12.1 Å². The van der Waals surface area contributed by atoms with E-state index in [0.29, 0.717) is 21.1 Å². The molecular weight excluding hydrogens is 350 g/mol. The highest BCUT2D eigenvalue weighted by Gasteiger charge is 2.32. The molecule has 1 aromatic rings. The van der Waals surface area contributed by atoms with Crippen LogP contribution in [0.25, 0.3) is 0 Å². The standard InChI is InChI=1S/C20H29NO4S/c1-5-20(3,4)14-6-8-15(9-7-14)21-18(23)12-25-19(24)17-11-10-16(26-17)13(2)22/h10-11,14-15H,5-9,12H2,1-4H3,(H,21,23). The first-order chi connectivity index (χ1) is 12.2. The van der Waals surface area contributed by atoms with Crippen LogP contribution in [0.1, 0.15) is 79.1 Å². The maximum absolute atomic E-state index is 12.1. The number of esters is 1. The monoisotopic (exact) mass is 379 g/mol. The van der Waals surface area contributed by atoms with E-state index < -0.39 is 5.97 Å². The zero-order valence-electron chi connectivity index (χ0n) is 16.1. The molecule has 1 N–H and O–H groups in total. The topological polar surface area (TPSA) is 72.5 Å². The van der Waals surface area contributed by atoms with E-state index in [1.54, 1.807) is 12.1 Å². The zero-order chi connectivity index (χ0) is 19.3. The highest BCUT2D eigenvalue weighted by molar-refractivity contribution is 7.15. The van der Waals surface area contributed by atoms with Crippen LogP contribution in [0.5, 0.6) is 0 Å². The van der Waals surface area contributed by atoms with Gasteiger partial charge in [-0.15, -0.1) is 11.3 Å². The van der Waals surface area contributed by atoms with Gasteiger partial charge < -0.3 is 10.1 Å². The summed E-state index contributed by atoms with van der Waals surface area (Å²) in [5.74, 6) is -0.215. The van der Waals surface area contributed by atoms with Crippen molar-refractivity contribution in [3.63, 3.8) is 0 Å². The van der Waals surface area contributed by atoms with E-state index in [2.05, 4.69) is 26.1 Å². The van der Waals surface area contributed by atoms with E-state index in [0.717, 1.165) is 37.0 Å². The molecule has 0 aliphatic heterocycles. The number of Topliss-reactive ketones (excluding diaryl/α,β-unsaturated/α-hetero) is 1. The second-order valence-electron chi connectivity index (χ2n) is 7.75. The summed E-state index contributed by atoms with van der Waals surface area (Å²) in [4.78, 5) is 36.1. The van der Waals surface area contributed by atoms with Crippen molar-refractivity contribution in [1.82, 2.24) is 5.32 Å². The normalized spacial score (nSPS) is 20.5. The number of nitrogens with one attached hydrogen (secondary N) is 1. The Labute approximate surface area is 159 Å². The number of ketones is 1. The summed E-state index contributed by atoms with van der Waals surface area (Å²) >= 11 is 1.09. The first-order valence-corrected chi connectivity index (χ1v) is 10.1. The van der Waals surface area contributed by atoms with E-state index in [1.807, 2.05) is 0 Å². The van der Waals surface area contributed by atoms with Gasteiger partial charge in [0.25, 0.3) is 5.91 Å². The molecule has 2 rings (SSSR count). The molecule has 0 radical (unpaired) electrons. The van der Waals surface area contributed by atoms with Gasteiger partial charge in [0.2, 0.25) is 0 Å². The minimum atomic E-state index is -0.564. The molecule has 26 heavy (non-hydrogen) atoms. The summed E-state index contributed by atoms with van der Waals surface area (Å²) < 4.78 is 5.07. The van der Waals surface area contributed by atoms with Crippen LogP contribution < -0.4 is 5.32 Å². The molecule has 6 heteroatoms. The molecule has 1 aromatic heterocycles. The van der Waals surface area contributed by atoms with Crippen molar-refractivity contribution in [2.24, 2.45) is 11.3 Å². The van der Waals surface area contributed by atoms with Crippen molar-refractivity contribution in [1.29, 1.82) is 0 Å². The number of amides is 1. The molecule has 0 atom stereocenters. The molecular formula is C20H29NO4S. The summed E-state index contributed by atoms with van der Waals surface area (Å²) in [5, 5.41) is 2.97. The molecule has 144 valence electrons. The molecule has 0 unspecified atom stereocenters. The number of ether oxygens (including phenoxy) is 1. The van der Waals surface area contributed by atoms with Gasteiger partial charge in [-0.1, -0.05) is 27.2 Å². The van der Waals surface area contributed by atoms with Gasteiger partial charge in [-0.3, -0.25) is 9.59 Å². The van der Waals surface area contributed by atoms with E-state index in [9.17, 15) is 14.4 Å². The van der Waals surface area contributed by atoms with Gasteiger partial charge in [0, 0.05) is 6.04 Å². The average Bonchev–Trinajstić information content (AvgIpc) is 3.10. The predicted octanol–water partition coefficient (Wildman–Crippen LogP) is 4.22. The maximum atomic E-state index is 12.1. The van der Waals surface area contributed by atoms with Crippen LogP contribution in [-0.4, -0.2) is 30.3 Å². The number of rotatable bonds is 7. The quantitative estimate of drug-likeness (QED) is 0.569. The number of carbonyl (C=O) groups is 3. The third kappa shape index (κ3) is 5.40. The lowest BCUT2D eigenvalue weighted by molar-refractivity contribution is -0.125. The summed E-state index contributed by atoms with van der Waals surface area (Å²) in [6.07, 6.45) is 5.35. The van der Waals surface area contributed by atoms with Crippen LogP contribution in [0.3, 0.4) is 0 Å². The summed E-state index contributed by atoms with van der Waals surface area (Å²) in [5.41, 5.74) is 0.351. The summed E-state index contributed by atoms with van der Waals surface area (Å²) in [6.45, 7) is 8.03. The number of hydrogen-bond acceptors (Lipinski definition) is 5. The lowest BCUT2D eigenvalue weighted by atomic mass is 9.69. The summed E-state index contributed by atoms with van der Waals surface area (Å²) in [6, 6.07) is 3.31. The van der Waals surface area contributed by atoms with Crippen LogP contribution in [0.4, 0.5) is 0 Å². The Kier molecular flexibility index (Phi) is 6.98. The minimum absolute atomic E-state index is 0.0892. The largest absolute Gasteiger partial charge is 0.451 e. The lowest BCUT2D eigenvalue weighted by Crippen LogP contribution is -2.41. The fourth-order valence-corrected chi connectivity index (χ4v) is 4.21. The van der Waals surface area contributed by atoms with Crippen molar-refractivity contribution in [3.8, 4) is 0 Å². The second-order valence-corrected chi connectivity index (χ2v) is 8.84. The fourth-order valence-electron chi connectivity index (χ4n) is 3.42. The average molecular weight is 380 g/mol. The van der Waals surface area contributed by atoms with E-state index in [-0.39, 0.29) is 24.3 Å². The van der Waals surface area contributed by atoms with Crippen molar-refractivity contribution < 1.29 is 19.1 Å². The Morgan fingerprint density at radius 3 is 2.31 bits per heavy atom. The van der Waals surface area contributed by atoms with E-state index in [1.165, 1.54) is 13.3 Å². The fraction of sp³-hybridized carbons (Fsp3) is 0.650. The summed E-state index contributed by atoms with van der Waals surface area (Å²) in [7, 11) is 0. The van der Waals surface area contributed by atoms with Gasteiger partial charge in [-0.05, 0) is 56.1 Å². The molecule has 1 saturated carbocycles. The van der Waals surface area contributed by atoms with Crippen LogP contribution >= 0.6 is 11.3 Å². The van der Waals surface area contributed by atoms with Gasteiger partial charge in [0.1, 0.15) is 4.88 Å². The Bertz CT molecular complexity index is 657. The number of carbonyl (C=O) groups excluding carboxylic acids is 3. The molecule has 0 saturated heterocycles. The number of hydrogen-bond donors (Lipinski definition) is 1. The Balaban J connectivity index is 1.74. The maximum Gasteiger partial charge on any atom is 0.348 e. The van der Waals surface area contributed by atoms with E-state index in [4.69, 9.17) is 4.74 Å². The molecule has 0 bridgehead atoms. The molecule has 1 aliphatic carbocycles. The van der Waals surface area contributed by atoms with Crippen molar-refractivity contribution >= 4 is 29.0 Å². The highest BCUT2D eigenvalue weighted by atomic mass is 32.1. The van der Waals surface area contributed by atoms with Gasteiger partial charge in [-0.2, -0.15) is 0 Å². The Hall–Kier alpha value is -1.69. The number of thiophene rings is 1. The van der Waals surface area contributed by atoms with E-state index >= 15 is 0 Å². The molecule has 5 nitrogen and oxygen atoms in total. The smallest absolute Gasteiger partial charge is 0.348 e. The molecule has 1 fully saturated rings. The first-order valence-electron chi connectivity index (χ1n) is 9.30. The Morgan fingerprint density at radius 2 is 1.77 bits per heavy atom. The molecule has 1 aliphatic rings. The highest BCUT2D eigenvalue weighted by Crippen LogP contribution is 2.40. The van der Waals surface area contributed by atoms with Crippen LogP contribution in [-0.2, 0) is 9.53 Å². The van der Waals surface area contributed by atoms with Crippen molar-refractivity contribution in [3.05, 3.63) is 21.9 Å². The van der Waals surface area contributed by atoms with Crippen LogP contribution in [0.2, 0.25) is 0 Å². The molecule has 1 heterocycles. The first kappa shape index (κ1) is 20.6. The molecule has 0 spiro atoms. The van der Waals surface area contributed by atoms with Crippen molar-refractivity contribution in [2.45, 2.75) is 65.8 Å². The van der Waals surface area contributed by atoms with Gasteiger partial charge in [0.05, 0.1) is 4.88 Å². The third-order valence-electron chi connectivity index (χ3n) is 5.60. The van der Waals surface area contributed by atoms with Gasteiger partial charge in [0.15, 0.2) is 12.4 Å². The second kappa shape index (κ2) is 8.80. The predicted molar refractivity (Wildman–Crippen MR) is 103 cm³/mol. The van der Waals surface area contributed by atoms with Gasteiger partial charge in [-0.25, -0.2) is 4.79 Å². The third-order valence-corrected chi connectivity index (χ3v) is 6.76. The zero-order valence-corrected chi connectivity index (χ0v) is 16.9. The lowest BCUT2D eigenvalue weighted by Gasteiger charge is -2.39. The molecule has 1 amide bonds. The Morgan fingerprint density at radius 1 is 1.15 bits per heavy atom. The SMILES string of the molecule is CCC(C)(C)C1CCC(NC(=O)COC(=O)c2ccc(C(C)=O)s2)CC1.